The van der Waals surface area contributed by atoms with Crippen LogP contribution in [0.1, 0.15) is 28.8 Å². The fourth-order valence-electron chi connectivity index (χ4n) is 3.02. The van der Waals surface area contributed by atoms with Gasteiger partial charge in [0.05, 0.1) is 0 Å². The molecule has 0 radical (unpaired) electrons. The molecular weight excluding hydrogens is 318 g/mol. The summed E-state index contributed by atoms with van der Waals surface area (Å²) in [7, 11) is 0. The lowest BCUT2D eigenvalue weighted by Gasteiger charge is -2.22. The van der Waals surface area contributed by atoms with E-state index in [1.807, 2.05) is 11.3 Å². The van der Waals surface area contributed by atoms with E-state index in [-0.39, 0.29) is 0 Å². The van der Waals surface area contributed by atoms with Gasteiger partial charge in [-0.05, 0) is 54.7 Å². The van der Waals surface area contributed by atoms with Crippen molar-refractivity contribution in [1.82, 2.24) is 5.32 Å². The van der Waals surface area contributed by atoms with Crippen LogP contribution < -0.4 is 5.32 Å². The number of halogens is 1. The van der Waals surface area contributed by atoms with E-state index >= 15 is 0 Å². The van der Waals surface area contributed by atoms with Crippen LogP contribution in [0.4, 0.5) is 0 Å². The monoisotopic (exact) mass is 333 g/mol. The maximum atomic E-state index is 3.58. The maximum Gasteiger partial charge on any atom is 0.0349 e. The Hall–Kier alpha value is -0.640. The molecule has 0 atom stereocenters. The van der Waals surface area contributed by atoms with Gasteiger partial charge in [-0.1, -0.05) is 22.0 Å². The van der Waals surface area contributed by atoms with Gasteiger partial charge in [0.15, 0.2) is 0 Å². The number of hydrogen-bond acceptors (Lipinski definition) is 2. The molecule has 1 aromatic carbocycles. The Balaban J connectivity index is 1.80. The van der Waals surface area contributed by atoms with Gasteiger partial charge in [-0.3, -0.25) is 0 Å². The van der Waals surface area contributed by atoms with Crippen molar-refractivity contribution in [2.24, 2.45) is 0 Å². The first-order valence-electron chi connectivity index (χ1n) is 6.78. The highest BCUT2D eigenvalue weighted by molar-refractivity contribution is 9.10. The van der Waals surface area contributed by atoms with Crippen molar-refractivity contribution in [2.75, 3.05) is 6.54 Å². The minimum Gasteiger partial charge on any atom is -0.312 e. The maximum absolute atomic E-state index is 3.58. The number of hydrogen-bond donors (Lipinski definition) is 1. The largest absolute Gasteiger partial charge is 0.312 e. The topological polar surface area (TPSA) is 12.0 Å². The van der Waals surface area contributed by atoms with Crippen LogP contribution in [0.15, 0.2) is 28.7 Å². The summed E-state index contributed by atoms with van der Waals surface area (Å²) in [4.78, 5) is 3.08. The summed E-state index contributed by atoms with van der Waals surface area (Å²) < 4.78 is 1.19. The van der Waals surface area contributed by atoms with E-state index in [0.29, 0.717) is 5.41 Å². The molecule has 0 saturated heterocycles. The van der Waals surface area contributed by atoms with Gasteiger partial charge in [-0.25, -0.2) is 0 Å². The number of aryl methyl sites for hydroxylation is 1. The molecule has 19 heavy (non-hydrogen) atoms. The molecular formula is C16H16BrNS. The summed E-state index contributed by atoms with van der Waals surface area (Å²) in [5.74, 6) is 0. The fourth-order valence-corrected chi connectivity index (χ4v) is 4.69. The van der Waals surface area contributed by atoms with Gasteiger partial charge in [0.2, 0.25) is 0 Å². The van der Waals surface area contributed by atoms with Crippen LogP contribution in [0.2, 0.25) is 0 Å². The van der Waals surface area contributed by atoms with Gasteiger partial charge in [0.25, 0.3) is 0 Å². The van der Waals surface area contributed by atoms with Gasteiger partial charge in [-0.15, -0.1) is 11.3 Å². The number of benzene rings is 1. The average molecular weight is 334 g/mol. The van der Waals surface area contributed by atoms with Crippen LogP contribution in [-0.4, -0.2) is 6.54 Å². The van der Waals surface area contributed by atoms with Crippen molar-refractivity contribution >= 4 is 27.3 Å². The summed E-state index contributed by atoms with van der Waals surface area (Å²) in [6.07, 6.45) is 2.73. The quantitative estimate of drug-likeness (QED) is 0.802. The highest BCUT2D eigenvalue weighted by atomic mass is 79.9. The first-order chi connectivity index (χ1) is 9.18. The Morgan fingerprint density at radius 1 is 1.26 bits per heavy atom. The third-order valence-electron chi connectivity index (χ3n) is 4.37. The third-order valence-corrected chi connectivity index (χ3v) is 6.73. The zero-order valence-electron chi connectivity index (χ0n) is 10.9. The average Bonchev–Trinajstić information content (AvgIpc) is 3.01. The van der Waals surface area contributed by atoms with Gasteiger partial charge in [-0.2, -0.15) is 0 Å². The smallest absolute Gasteiger partial charge is 0.0349 e. The van der Waals surface area contributed by atoms with E-state index in [4.69, 9.17) is 0 Å². The normalized spacial score (nSPS) is 19.5. The Bertz CT molecular complexity index is 655. The van der Waals surface area contributed by atoms with E-state index in [9.17, 15) is 0 Å². The molecule has 3 heteroatoms. The minimum atomic E-state index is 0.501. The SMILES string of the molecule is Cc1cc(-c2cc3c(s2)C2(CC2)CNC3)ccc1Br. The molecule has 0 bridgehead atoms. The molecule has 1 nitrogen and oxygen atoms in total. The molecule has 1 aromatic heterocycles. The van der Waals surface area contributed by atoms with Crippen LogP contribution >= 0.6 is 27.3 Å². The third kappa shape index (κ3) is 1.91. The lowest BCUT2D eigenvalue weighted by Crippen LogP contribution is -2.31. The molecule has 0 unspecified atom stereocenters. The second-order valence-electron chi connectivity index (χ2n) is 5.81. The van der Waals surface area contributed by atoms with Gasteiger partial charge >= 0.3 is 0 Å². The molecule has 2 aromatic rings. The summed E-state index contributed by atoms with van der Waals surface area (Å²) in [6, 6.07) is 9.07. The second kappa shape index (κ2) is 4.18. The molecule has 2 aliphatic rings. The molecule has 2 heterocycles. The van der Waals surface area contributed by atoms with Crippen molar-refractivity contribution in [3.8, 4) is 10.4 Å². The fraction of sp³-hybridized carbons (Fsp3) is 0.375. The summed E-state index contributed by atoms with van der Waals surface area (Å²) in [5.41, 5.74) is 4.70. The summed E-state index contributed by atoms with van der Waals surface area (Å²) in [5, 5.41) is 3.58. The van der Waals surface area contributed by atoms with Crippen LogP contribution in [0.3, 0.4) is 0 Å². The predicted molar refractivity (Wildman–Crippen MR) is 84.8 cm³/mol. The van der Waals surface area contributed by atoms with Crippen LogP contribution in [0, 0.1) is 6.92 Å². The Kier molecular flexibility index (Phi) is 2.66. The second-order valence-corrected chi connectivity index (χ2v) is 7.72. The molecule has 1 aliphatic carbocycles. The Labute approximate surface area is 126 Å². The number of nitrogens with one attached hydrogen (secondary N) is 1. The molecule has 0 amide bonds. The molecule has 98 valence electrons. The first-order valence-corrected chi connectivity index (χ1v) is 8.39. The van der Waals surface area contributed by atoms with Crippen LogP contribution in [0.5, 0.6) is 0 Å². The molecule has 1 saturated carbocycles. The molecule has 4 rings (SSSR count). The van der Waals surface area contributed by atoms with Crippen molar-refractivity contribution in [3.05, 3.63) is 44.7 Å². The lowest BCUT2D eigenvalue weighted by atomic mass is 9.97. The zero-order valence-corrected chi connectivity index (χ0v) is 13.3. The van der Waals surface area contributed by atoms with E-state index in [1.54, 1.807) is 4.88 Å². The van der Waals surface area contributed by atoms with E-state index < -0.39 is 0 Å². The van der Waals surface area contributed by atoms with Gasteiger partial charge in [0, 0.05) is 32.7 Å². The van der Waals surface area contributed by atoms with Crippen molar-refractivity contribution in [1.29, 1.82) is 0 Å². The number of rotatable bonds is 1. The van der Waals surface area contributed by atoms with E-state index in [2.05, 4.69) is 52.4 Å². The minimum absolute atomic E-state index is 0.501. The molecule has 1 N–H and O–H groups in total. The number of fused-ring (bicyclic) bond motifs is 2. The van der Waals surface area contributed by atoms with Crippen molar-refractivity contribution < 1.29 is 0 Å². The summed E-state index contributed by atoms with van der Waals surface area (Å²) >= 11 is 5.60. The standard InChI is InChI=1S/C16H16BrNS/c1-10-6-11(2-3-13(10)17)14-7-12-8-18-9-16(4-5-16)15(12)19-14/h2-3,6-7,18H,4-5,8-9H2,1H3. The summed E-state index contributed by atoms with van der Waals surface area (Å²) in [6.45, 7) is 4.38. The van der Waals surface area contributed by atoms with Crippen molar-refractivity contribution in [3.63, 3.8) is 0 Å². The lowest BCUT2D eigenvalue weighted by molar-refractivity contribution is 0.541. The van der Waals surface area contributed by atoms with Crippen LogP contribution in [-0.2, 0) is 12.0 Å². The van der Waals surface area contributed by atoms with E-state index in [1.165, 1.54) is 45.4 Å². The Morgan fingerprint density at radius 3 is 2.84 bits per heavy atom. The highest BCUT2D eigenvalue weighted by Gasteiger charge is 2.48. The number of thiophene rings is 1. The van der Waals surface area contributed by atoms with Gasteiger partial charge < -0.3 is 5.32 Å². The van der Waals surface area contributed by atoms with E-state index in [0.717, 1.165) is 6.54 Å². The molecule has 1 spiro atoms. The first kappa shape index (κ1) is 12.1. The van der Waals surface area contributed by atoms with Crippen molar-refractivity contribution in [2.45, 2.75) is 31.7 Å². The van der Waals surface area contributed by atoms with Crippen LogP contribution in [0.25, 0.3) is 10.4 Å². The molecule has 1 aliphatic heterocycles. The molecule has 1 fully saturated rings. The van der Waals surface area contributed by atoms with Gasteiger partial charge in [0.1, 0.15) is 0 Å². The Morgan fingerprint density at radius 2 is 2.11 bits per heavy atom. The highest BCUT2D eigenvalue weighted by Crippen LogP contribution is 2.54. The zero-order chi connectivity index (χ0) is 13.0. The predicted octanol–water partition coefficient (Wildman–Crippen LogP) is 4.62.